The van der Waals surface area contributed by atoms with E-state index in [1.54, 1.807) is 17.9 Å². The van der Waals surface area contributed by atoms with Gasteiger partial charge in [0.05, 0.1) is 0 Å². The SMILES string of the molecule is CC(=O)N1CCc2cc(C(=O)NCCSCc3cccc4ccccc34)ccc21. The Bertz CT molecular complexity index is 1060. The van der Waals surface area contributed by atoms with Crippen molar-refractivity contribution in [3.05, 3.63) is 77.4 Å². The van der Waals surface area contributed by atoms with Gasteiger partial charge in [-0.3, -0.25) is 9.59 Å². The molecular formula is C24H24N2O2S. The topological polar surface area (TPSA) is 49.4 Å². The van der Waals surface area contributed by atoms with Crippen molar-refractivity contribution in [1.82, 2.24) is 5.32 Å². The van der Waals surface area contributed by atoms with Gasteiger partial charge in [0.25, 0.3) is 5.91 Å². The van der Waals surface area contributed by atoms with Crippen LogP contribution < -0.4 is 10.2 Å². The zero-order chi connectivity index (χ0) is 20.2. The van der Waals surface area contributed by atoms with E-state index >= 15 is 0 Å². The minimum Gasteiger partial charge on any atom is -0.351 e. The number of hydrogen-bond acceptors (Lipinski definition) is 3. The van der Waals surface area contributed by atoms with Crippen LogP contribution in [0.4, 0.5) is 5.69 Å². The minimum absolute atomic E-state index is 0.0455. The molecule has 3 aromatic rings. The quantitative estimate of drug-likeness (QED) is 0.619. The van der Waals surface area contributed by atoms with Crippen molar-refractivity contribution in [3.8, 4) is 0 Å². The lowest BCUT2D eigenvalue weighted by Crippen LogP contribution is -2.26. The zero-order valence-corrected chi connectivity index (χ0v) is 17.3. The molecule has 0 saturated heterocycles. The van der Waals surface area contributed by atoms with Crippen LogP contribution >= 0.6 is 11.8 Å². The van der Waals surface area contributed by atoms with E-state index in [0.717, 1.165) is 29.2 Å². The number of amides is 2. The molecule has 1 heterocycles. The standard InChI is InChI=1S/C24H24N2O2S/c1-17(27)26-13-11-19-15-20(9-10-23(19)26)24(28)25-12-14-29-16-21-7-4-6-18-5-2-3-8-22(18)21/h2-10,15H,11-14,16H2,1H3,(H,25,28). The highest BCUT2D eigenvalue weighted by atomic mass is 32.2. The van der Waals surface area contributed by atoms with E-state index in [4.69, 9.17) is 0 Å². The third kappa shape index (κ3) is 4.30. The molecule has 148 valence electrons. The van der Waals surface area contributed by atoms with Gasteiger partial charge in [0.2, 0.25) is 5.91 Å². The first-order valence-electron chi connectivity index (χ1n) is 9.87. The number of thioether (sulfide) groups is 1. The lowest BCUT2D eigenvalue weighted by Gasteiger charge is -2.14. The average Bonchev–Trinajstić information content (AvgIpc) is 3.17. The van der Waals surface area contributed by atoms with Gasteiger partial charge in [-0.1, -0.05) is 42.5 Å². The first kappa shape index (κ1) is 19.5. The molecule has 0 radical (unpaired) electrons. The fourth-order valence-electron chi connectivity index (χ4n) is 3.81. The van der Waals surface area contributed by atoms with Crippen LogP contribution in [0, 0.1) is 0 Å². The maximum Gasteiger partial charge on any atom is 0.251 e. The van der Waals surface area contributed by atoms with Gasteiger partial charge in [-0.2, -0.15) is 11.8 Å². The van der Waals surface area contributed by atoms with Gasteiger partial charge in [0, 0.05) is 42.8 Å². The molecule has 1 N–H and O–H groups in total. The highest BCUT2D eigenvalue weighted by Gasteiger charge is 2.23. The Morgan fingerprint density at radius 1 is 1.07 bits per heavy atom. The summed E-state index contributed by atoms with van der Waals surface area (Å²) in [5.74, 6) is 1.78. The maximum absolute atomic E-state index is 12.5. The van der Waals surface area contributed by atoms with Gasteiger partial charge in [0.1, 0.15) is 0 Å². The summed E-state index contributed by atoms with van der Waals surface area (Å²) >= 11 is 1.82. The molecule has 0 unspecified atom stereocenters. The number of nitrogens with one attached hydrogen (secondary N) is 1. The first-order chi connectivity index (χ1) is 14.1. The Morgan fingerprint density at radius 3 is 2.76 bits per heavy atom. The number of hydrogen-bond donors (Lipinski definition) is 1. The second kappa shape index (κ2) is 8.70. The maximum atomic E-state index is 12.5. The molecule has 0 atom stereocenters. The average molecular weight is 405 g/mol. The van der Waals surface area contributed by atoms with E-state index in [2.05, 4.69) is 47.8 Å². The fraction of sp³-hybridized carbons (Fsp3) is 0.250. The van der Waals surface area contributed by atoms with Crippen molar-refractivity contribution in [3.63, 3.8) is 0 Å². The minimum atomic E-state index is -0.0557. The summed E-state index contributed by atoms with van der Waals surface area (Å²) in [6, 6.07) is 20.4. The predicted octanol–water partition coefficient (Wildman–Crippen LogP) is 4.41. The molecule has 3 aromatic carbocycles. The van der Waals surface area contributed by atoms with Gasteiger partial charge in [-0.25, -0.2) is 0 Å². The molecule has 1 aliphatic heterocycles. The van der Waals surface area contributed by atoms with Crippen LogP contribution in [0.3, 0.4) is 0 Å². The number of nitrogens with zero attached hydrogens (tertiary/aromatic N) is 1. The second-order valence-corrected chi connectivity index (χ2v) is 8.32. The largest absolute Gasteiger partial charge is 0.351 e. The molecular weight excluding hydrogens is 380 g/mol. The van der Waals surface area contributed by atoms with Crippen molar-refractivity contribution < 1.29 is 9.59 Å². The Morgan fingerprint density at radius 2 is 1.90 bits per heavy atom. The number of benzene rings is 3. The lowest BCUT2D eigenvalue weighted by molar-refractivity contribution is -0.116. The van der Waals surface area contributed by atoms with E-state index in [-0.39, 0.29) is 11.8 Å². The van der Waals surface area contributed by atoms with Crippen LogP contribution in [0.2, 0.25) is 0 Å². The van der Waals surface area contributed by atoms with E-state index < -0.39 is 0 Å². The summed E-state index contributed by atoms with van der Waals surface area (Å²) in [7, 11) is 0. The Kier molecular flexibility index (Phi) is 5.86. The van der Waals surface area contributed by atoms with E-state index in [1.165, 1.54) is 16.3 Å². The van der Waals surface area contributed by atoms with Crippen molar-refractivity contribution in [2.45, 2.75) is 19.1 Å². The third-order valence-electron chi connectivity index (χ3n) is 5.29. The number of carbonyl (C=O) groups is 2. The summed E-state index contributed by atoms with van der Waals surface area (Å²) in [5.41, 5.74) is 3.99. The van der Waals surface area contributed by atoms with Gasteiger partial charge in [0.15, 0.2) is 0 Å². The fourth-order valence-corrected chi connectivity index (χ4v) is 4.67. The number of rotatable bonds is 6. The number of fused-ring (bicyclic) bond motifs is 2. The molecule has 0 saturated carbocycles. The molecule has 2 amide bonds. The molecule has 0 aromatic heterocycles. The van der Waals surface area contributed by atoms with Crippen molar-refractivity contribution in [1.29, 1.82) is 0 Å². The molecule has 29 heavy (non-hydrogen) atoms. The van der Waals surface area contributed by atoms with Crippen molar-refractivity contribution >= 4 is 40.0 Å². The van der Waals surface area contributed by atoms with E-state index in [1.807, 2.05) is 23.9 Å². The van der Waals surface area contributed by atoms with Crippen LogP contribution in [-0.2, 0) is 17.0 Å². The predicted molar refractivity (Wildman–Crippen MR) is 121 cm³/mol. The normalized spacial score (nSPS) is 12.8. The Hall–Kier alpha value is -2.79. The molecule has 4 rings (SSSR count). The molecule has 0 aliphatic carbocycles. The van der Waals surface area contributed by atoms with E-state index in [9.17, 15) is 9.59 Å². The number of carbonyl (C=O) groups excluding carboxylic acids is 2. The second-order valence-electron chi connectivity index (χ2n) is 7.21. The smallest absolute Gasteiger partial charge is 0.251 e. The van der Waals surface area contributed by atoms with Crippen LogP contribution in [0.1, 0.15) is 28.4 Å². The summed E-state index contributed by atoms with van der Waals surface area (Å²) in [6.45, 7) is 2.90. The number of anilines is 1. The molecule has 4 nitrogen and oxygen atoms in total. The summed E-state index contributed by atoms with van der Waals surface area (Å²) in [5, 5.41) is 5.57. The summed E-state index contributed by atoms with van der Waals surface area (Å²) in [6.07, 6.45) is 0.802. The molecule has 0 bridgehead atoms. The summed E-state index contributed by atoms with van der Waals surface area (Å²) < 4.78 is 0. The van der Waals surface area contributed by atoms with Crippen LogP contribution in [-0.4, -0.2) is 30.7 Å². The van der Waals surface area contributed by atoms with Gasteiger partial charge in [-0.15, -0.1) is 0 Å². The zero-order valence-electron chi connectivity index (χ0n) is 16.5. The molecule has 5 heteroatoms. The Balaban J connectivity index is 1.28. The molecule has 0 spiro atoms. The van der Waals surface area contributed by atoms with Gasteiger partial charge in [-0.05, 0) is 46.5 Å². The summed E-state index contributed by atoms with van der Waals surface area (Å²) in [4.78, 5) is 25.9. The molecule has 1 aliphatic rings. The van der Waals surface area contributed by atoms with Crippen LogP contribution in [0.5, 0.6) is 0 Å². The molecule has 0 fully saturated rings. The Labute approximate surface area is 175 Å². The van der Waals surface area contributed by atoms with Gasteiger partial charge < -0.3 is 10.2 Å². The first-order valence-corrected chi connectivity index (χ1v) is 11.0. The van der Waals surface area contributed by atoms with Crippen molar-refractivity contribution in [2.75, 3.05) is 23.7 Å². The van der Waals surface area contributed by atoms with E-state index in [0.29, 0.717) is 18.7 Å². The monoisotopic (exact) mass is 404 g/mol. The van der Waals surface area contributed by atoms with Crippen LogP contribution in [0.25, 0.3) is 10.8 Å². The third-order valence-corrected chi connectivity index (χ3v) is 6.29. The lowest BCUT2D eigenvalue weighted by atomic mass is 10.1. The highest BCUT2D eigenvalue weighted by molar-refractivity contribution is 7.98. The van der Waals surface area contributed by atoms with Crippen LogP contribution in [0.15, 0.2) is 60.7 Å². The van der Waals surface area contributed by atoms with Crippen molar-refractivity contribution in [2.24, 2.45) is 0 Å². The van der Waals surface area contributed by atoms with Gasteiger partial charge >= 0.3 is 0 Å². The highest BCUT2D eigenvalue weighted by Crippen LogP contribution is 2.29.